The number of nitrogens with one attached hydrogen (secondary N) is 2. The van der Waals surface area contributed by atoms with Crippen LogP contribution in [0, 0.1) is 0 Å². The maximum atomic E-state index is 12.4. The number of guanidine groups is 1. The molecule has 1 aliphatic heterocycles. The number of carbonyl (C=O) groups is 1. The van der Waals surface area contributed by atoms with Gasteiger partial charge in [-0.1, -0.05) is 13.0 Å². The third-order valence-corrected chi connectivity index (χ3v) is 4.08. The normalized spacial score (nSPS) is 17.7. The van der Waals surface area contributed by atoms with E-state index in [-0.39, 0.29) is 24.4 Å². The van der Waals surface area contributed by atoms with E-state index in [1.165, 1.54) is 6.20 Å². The van der Waals surface area contributed by atoms with Gasteiger partial charge in [-0.25, -0.2) is 4.98 Å². The first-order chi connectivity index (χ1) is 12.8. The predicted octanol–water partition coefficient (Wildman–Crippen LogP) is 1.70. The third-order valence-electron chi connectivity index (χ3n) is 4.08. The average molecular weight is 387 g/mol. The molecular formula is C17H24F3N5O2. The summed E-state index contributed by atoms with van der Waals surface area (Å²) in [6, 6.07) is 3.33. The van der Waals surface area contributed by atoms with Crippen molar-refractivity contribution in [2.45, 2.75) is 38.5 Å². The van der Waals surface area contributed by atoms with Crippen LogP contribution in [0.3, 0.4) is 0 Å². The van der Waals surface area contributed by atoms with Crippen molar-refractivity contribution in [3.63, 3.8) is 0 Å². The predicted molar refractivity (Wildman–Crippen MR) is 94.4 cm³/mol. The molecule has 2 N–H and O–H groups in total. The van der Waals surface area contributed by atoms with Crippen molar-refractivity contribution < 1.29 is 22.7 Å². The SMILES string of the molecule is CCC(=O)N1CCC(NC(=NC)NCc2cccnc2OCC(F)(F)F)C1. The summed E-state index contributed by atoms with van der Waals surface area (Å²) in [5.41, 5.74) is 0.485. The Labute approximate surface area is 156 Å². The summed E-state index contributed by atoms with van der Waals surface area (Å²) in [6.45, 7) is 1.92. The molecule has 2 heterocycles. The Balaban J connectivity index is 1.89. The van der Waals surface area contributed by atoms with Gasteiger partial charge in [0.05, 0.1) is 0 Å². The van der Waals surface area contributed by atoms with Crippen LogP contribution in [0.2, 0.25) is 0 Å². The molecule has 1 fully saturated rings. The highest BCUT2D eigenvalue weighted by atomic mass is 19.4. The molecule has 1 aliphatic rings. The van der Waals surface area contributed by atoms with E-state index < -0.39 is 12.8 Å². The van der Waals surface area contributed by atoms with Gasteiger partial charge < -0.3 is 20.3 Å². The molecule has 0 aliphatic carbocycles. The van der Waals surface area contributed by atoms with Crippen LogP contribution >= 0.6 is 0 Å². The molecule has 27 heavy (non-hydrogen) atoms. The Kier molecular flexibility index (Phi) is 7.26. The lowest BCUT2D eigenvalue weighted by Crippen LogP contribution is -2.44. The van der Waals surface area contributed by atoms with E-state index >= 15 is 0 Å². The second-order valence-electron chi connectivity index (χ2n) is 6.12. The number of hydrogen-bond donors (Lipinski definition) is 2. The molecule has 10 heteroatoms. The lowest BCUT2D eigenvalue weighted by atomic mass is 10.2. The molecule has 2 rings (SSSR count). The summed E-state index contributed by atoms with van der Waals surface area (Å²) in [6.07, 6.45) is -1.77. The number of carbonyl (C=O) groups excluding carboxylic acids is 1. The number of halogens is 3. The number of pyridine rings is 1. The lowest BCUT2D eigenvalue weighted by molar-refractivity contribution is -0.154. The number of aromatic nitrogens is 1. The van der Waals surface area contributed by atoms with Gasteiger partial charge in [-0.2, -0.15) is 13.2 Å². The van der Waals surface area contributed by atoms with E-state index in [0.29, 0.717) is 31.0 Å². The first kappa shape index (κ1) is 20.8. The van der Waals surface area contributed by atoms with Crippen LogP contribution < -0.4 is 15.4 Å². The fourth-order valence-electron chi connectivity index (χ4n) is 2.73. The van der Waals surface area contributed by atoms with Crippen molar-refractivity contribution in [2.75, 3.05) is 26.7 Å². The van der Waals surface area contributed by atoms with Crippen molar-refractivity contribution >= 4 is 11.9 Å². The summed E-state index contributed by atoms with van der Waals surface area (Å²) in [5.74, 6) is 0.541. The first-order valence-electron chi connectivity index (χ1n) is 8.70. The molecule has 1 atom stereocenters. The number of rotatable bonds is 6. The van der Waals surface area contributed by atoms with Crippen molar-refractivity contribution in [3.8, 4) is 5.88 Å². The van der Waals surface area contributed by atoms with Crippen LogP contribution in [-0.4, -0.2) is 60.7 Å². The summed E-state index contributed by atoms with van der Waals surface area (Å²) in [5, 5.41) is 6.27. The van der Waals surface area contributed by atoms with Crippen molar-refractivity contribution in [3.05, 3.63) is 23.9 Å². The van der Waals surface area contributed by atoms with Crippen LogP contribution in [0.1, 0.15) is 25.3 Å². The van der Waals surface area contributed by atoms with E-state index in [0.717, 1.165) is 6.42 Å². The number of hydrogen-bond acceptors (Lipinski definition) is 4. The third kappa shape index (κ3) is 6.61. The Morgan fingerprint density at radius 3 is 2.93 bits per heavy atom. The molecule has 150 valence electrons. The number of alkyl halides is 3. The smallest absolute Gasteiger partial charge is 0.422 e. The second kappa shape index (κ2) is 9.43. The molecule has 0 radical (unpaired) electrons. The van der Waals surface area contributed by atoms with Crippen LogP contribution in [-0.2, 0) is 11.3 Å². The van der Waals surface area contributed by atoms with Gasteiger partial charge >= 0.3 is 6.18 Å². The fraction of sp³-hybridized carbons (Fsp3) is 0.588. The molecule has 1 amide bonds. The molecule has 1 aromatic rings. The van der Waals surface area contributed by atoms with E-state index in [1.54, 1.807) is 24.1 Å². The van der Waals surface area contributed by atoms with Crippen molar-refractivity contribution in [1.29, 1.82) is 0 Å². The molecule has 1 saturated heterocycles. The zero-order valence-electron chi connectivity index (χ0n) is 15.3. The van der Waals surface area contributed by atoms with Gasteiger partial charge in [-0.15, -0.1) is 0 Å². The van der Waals surface area contributed by atoms with Gasteiger partial charge in [0.2, 0.25) is 11.8 Å². The number of likely N-dealkylation sites (tertiary alicyclic amines) is 1. The highest BCUT2D eigenvalue weighted by Crippen LogP contribution is 2.19. The molecular weight excluding hydrogens is 363 g/mol. The Morgan fingerprint density at radius 1 is 1.48 bits per heavy atom. The molecule has 0 saturated carbocycles. The zero-order chi connectivity index (χ0) is 19.9. The molecule has 0 aromatic carbocycles. The van der Waals surface area contributed by atoms with Gasteiger partial charge in [-0.3, -0.25) is 9.79 Å². The van der Waals surface area contributed by atoms with E-state index in [4.69, 9.17) is 4.74 Å². The minimum absolute atomic E-state index is 0.0709. The topological polar surface area (TPSA) is 78.9 Å². The van der Waals surface area contributed by atoms with Gasteiger partial charge in [0.15, 0.2) is 12.6 Å². The van der Waals surface area contributed by atoms with Crippen LogP contribution in [0.5, 0.6) is 5.88 Å². The number of amides is 1. The Hall–Kier alpha value is -2.52. The molecule has 1 aromatic heterocycles. The standard InChI is InChI=1S/C17H24F3N5O2/c1-3-14(26)25-8-6-13(10-25)24-16(21-2)23-9-12-5-4-7-22-15(12)27-11-17(18,19)20/h4-5,7,13H,3,6,8-11H2,1-2H3,(H2,21,23,24). The summed E-state index contributed by atoms with van der Waals surface area (Å²) in [7, 11) is 1.60. The van der Waals surface area contributed by atoms with Crippen molar-refractivity contribution in [1.82, 2.24) is 20.5 Å². The van der Waals surface area contributed by atoms with Gasteiger partial charge in [0.1, 0.15) is 0 Å². The van der Waals surface area contributed by atoms with Crippen LogP contribution in [0.4, 0.5) is 13.2 Å². The molecule has 1 unspecified atom stereocenters. The van der Waals surface area contributed by atoms with Gasteiger partial charge in [0, 0.05) is 50.9 Å². The van der Waals surface area contributed by atoms with E-state index in [1.807, 2.05) is 6.92 Å². The van der Waals surface area contributed by atoms with Gasteiger partial charge in [-0.05, 0) is 12.5 Å². The maximum absolute atomic E-state index is 12.4. The number of ether oxygens (including phenoxy) is 1. The number of aliphatic imine (C=N–C) groups is 1. The Bertz CT molecular complexity index is 666. The molecule has 7 nitrogen and oxygen atoms in total. The zero-order valence-corrected chi connectivity index (χ0v) is 15.3. The minimum Gasteiger partial charge on any atom is -0.468 e. The average Bonchev–Trinajstić information content (AvgIpc) is 3.11. The summed E-state index contributed by atoms with van der Waals surface area (Å²) in [4.78, 5) is 21.5. The van der Waals surface area contributed by atoms with Crippen LogP contribution in [0.15, 0.2) is 23.3 Å². The van der Waals surface area contributed by atoms with Gasteiger partial charge in [0.25, 0.3) is 0 Å². The minimum atomic E-state index is -4.43. The quantitative estimate of drug-likeness (QED) is 0.574. The summed E-state index contributed by atoms with van der Waals surface area (Å²) >= 11 is 0. The summed E-state index contributed by atoms with van der Waals surface area (Å²) < 4.78 is 41.8. The highest BCUT2D eigenvalue weighted by Gasteiger charge is 2.29. The molecule has 0 bridgehead atoms. The first-order valence-corrected chi connectivity index (χ1v) is 8.70. The monoisotopic (exact) mass is 387 g/mol. The van der Waals surface area contributed by atoms with Crippen molar-refractivity contribution in [2.24, 2.45) is 4.99 Å². The Morgan fingerprint density at radius 2 is 2.26 bits per heavy atom. The highest BCUT2D eigenvalue weighted by molar-refractivity contribution is 5.80. The van der Waals surface area contributed by atoms with Crippen LogP contribution in [0.25, 0.3) is 0 Å². The number of nitrogens with zero attached hydrogens (tertiary/aromatic N) is 3. The molecule has 0 spiro atoms. The second-order valence-corrected chi connectivity index (χ2v) is 6.12. The largest absolute Gasteiger partial charge is 0.468 e. The van der Waals surface area contributed by atoms with E-state index in [9.17, 15) is 18.0 Å². The fourth-order valence-corrected chi connectivity index (χ4v) is 2.73. The lowest BCUT2D eigenvalue weighted by Gasteiger charge is -2.19. The maximum Gasteiger partial charge on any atom is 0.422 e. The van der Waals surface area contributed by atoms with E-state index in [2.05, 4.69) is 20.6 Å².